The van der Waals surface area contributed by atoms with Gasteiger partial charge in [0.05, 0.1) is 6.04 Å². The third kappa shape index (κ3) is 2.81. The van der Waals surface area contributed by atoms with Crippen LogP contribution in [0.25, 0.3) is 0 Å². The summed E-state index contributed by atoms with van der Waals surface area (Å²) in [7, 11) is 0. The minimum absolute atomic E-state index is 0.0293. The Morgan fingerprint density at radius 1 is 1.29 bits per heavy atom. The zero-order valence-electron chi connectivity index (χ0n) is 11.0. The van der Waals surface area contributed by atoms with Crippen LogP contribution in [0.2, 0.25) is 0 Å². The van der Waals surface area contributed by atoms with Gasteiger partial charge in [-0.05, 0) is 35.0 Å². The first kappa shape index (κ1) is 14.1. The SMILES string of the molecule is NNc1nc(Sc2nnnn2C2CCCC2)c(F)cc1F. The number of aromatic nitrogens is 5. The topological polar surface area (TPSA) is 94.5 Å². The monoisotopic (exact) mass is 313 g/mol. The van der Waals surface area contributed by atoms with E-state index in [2.05, 4.69) is 25.9 Å². The molecule has 0 unspecified atom stereocenters. The van der Waals surface area contributed by atoms with Gasteiger partial charge in [-0.25, -0.2) is 24.3 Å². The lowest BCUT2D eigenvalue weighted by atomic mass is 10.3. The van der Waals surface area contributed by atoms with E-state index in [9.17, 15) is 8.78 Å². The fourth-order valence-electron chi connectivity index (χ4n) is 2.34. The van der Waals surface area contributed by atoms with Crippen molar-refractivity contribution < 1.29 is 8.78 Å². The maximum absolute atomic E-state index is 13.8. The molecule has 0 amide bonds. The molecular formula is C11H13F2N7S. The molecule has 0 bridgehead atoms. The summed E-state index contributed by atoms with van der Waals surface area (Å²) in [5.41, 5.74) is 2.09. The Labute approximate surface area is 123 Å². The summed E-state index contributed by atoms with van der Waals surface area (Å²) in [6.45, 7) is 0. The molecule has 0 radical (unpaired) electrons. The first-order valence-electron chi connectivity index (χ1n) is 6.47. The Morgan fingerprint density at radius 2 is 2.05 bits per heavy atom. The highest BCUT2D eigenvalue weighted by Crippen LogP contribution is 2.34. The first-order valence-corrected chi connectivity index (χ1v) is 7.29. The van der Waals surface area contributed by atoms with Gasteiger partial charge in [0, 0.05) is 6.07 Å². The smallest absolute Gasteiger partial charge is 0.215 e. The van der Waals surface area contributed by atoms with Crippen LogP contribution in [0.5, 0.6) is 0 Å². The van der Waals surface area contributed by atoms with Crippen LogP contribution in [-0.4, -0.2) is 25.2 Å². The van der Waals surface area contributed by atoms with Gasteiger partial charge >= 0.3 is 0 Å². The van der Waals surface area contributed by atoms with E-state index < -0.39 is 11.6 Å². The van der Waals surface area contributed by atoms with Crippen LogP contribution in [0.3, 0.4) is 0 Å². The van der Waals surface area contributed by atoms with Gasteiger partial charge in [-0.3, -0.25) is 0 Å². The molecule has 112 valence electrons. The summed E-state index contributed by atoms with van der Waals surface area (Å²) in [6.07, 6.45) is 4.24. The Morgan fingerprint density at radius 3 is 2.76 bits per heavy atom. The second-order valence-corrected chi connectivity index (χ2v) is 5.65. The number of anilines is 1. The number of nitrogens with zero attached hydrogens (tertiary/aromatic N) is 5. The van der Waals surface area contributed by atoms with Crippen LogP contribution in [0.1, 0.15) is 31.7 Å². The van der Waals surface area contributed by atoms with Crippen molar-refractivity contribution in [3.63, 3.8) is 0 Å². The summed E-state index contributed by atoms with van der Waals surface area (Å²) in [4.78, 5) is 3.80. The summed E-state index contributed by atoms with van der Waals surface area (Å²) in [6, 6.07) is 0.951. The minimum Gasteiger partial charge on any atom is -0.306 e. The molecule has 0 aromatic carbocycles. The largest absolute Gasteiger partial charge is 0.306 e. The molecule has 2 heterocycles. The molecule has 3 rings (SSSR count). The molecule has 2 aromatic heterocycles. The minimum atomic E-state index is -0.852. The Kier molecular flexibility index (Phi) is 3.97. The fourth-order valence-corrected chi connectivity index (χ4v) is 3.16. The number of nitrogens with two attached hydrogens (primary N) is 1. The molecule has 2 aromatic rings. The van der Waals surface area contributed by atoms with Crippen LogP contribution in [0.15, 0.2) is 16.2 Å². The summed E-state index contributed by atoms with van der Waals surface area (Å²) in [5.74, 6) is 3.29. The molecule has 0 spiro atoms. The molecule has 0 atom stereocenters. The maximum atomic E-state index is 13.8. The standard InChI is InChI=1S/C11H13F2N7S/c12-7-5-8(13)10(15-9(7)16-14)21-11-17-18-19-20(11)6-3-1-2-4-6/h5-6H,1-4,14H2,(H,15,16). The lowest BCUT2D eigenvalue weighted by Gasteiger charge is -2.11. The average molecular weight is 313 g/mol. The molecule has 21 heavy (non-hydrogen) atoms. The van der Waals surface area contributed by atoms with Crippen molar-refractivity contribution in [1.29, 1.82) is 0 Å². The van der Waals surface area contributed by atoms with E-state index in [0.717, 1.165) is 43.5 Å². The molecule has 1 aliphatic carbocycles. The van der Waals surface area contributed by atoms with E-state index in [1.54, 1.807) is 4.68 Å². The van der Waals surface area contributed by atoms with Crippen molar-refractivity contribution in [2.24, 2.45) is 5.84 Å². The molecule has 1 aliphatic rings. The van der Waals surface area contributed by atoms with Crippen LogP contribution in [0.4, 0.5) is 14.6 Å². The second kappa shape index (κ2) is 5.90. The van der Waals surface area contributed by atoms with E-state index in [-0.39, 0.29) is 16.9 Å². The maximum Gasteiger partial charge on any atom is 0.215 e. The highest BCUT2D eigenvalue weighted by atomic mass is 32.2. The number of tetrazole rings is 1. The van der Waals surface area contributed by atoms with Crippen molar-refractivity contribution in [3.8, 4) is 0 Å². The van der Waals surface area contributed by atoms with Crippen molar-refractivity contribution in [3.05, 3.63) is 17.7 Å². The number of pyridine rings is 1. The Bertz CT molecular complexity index is 641. The zero-order chi connectivity index (χ0) is 14.8. The third-order valence-corrected chi connectivity index (χ3v) is 4.29. The van der Waals surface area contributed by atoms with E-state index >= 15 is 0 Å². The van der Waals surface area contributed by atoms with Gasteiger partial charge in [-0.1, -0.05) is 12.8 Å². The van der Waals surface area contributed by atoms with Crippen molar-refractivity contribution in [2.45, 2.75) is 41.9 Å². The van der Waals surface area contributed by atoms with E-state index in [0.29, 0.717) is 5.16 Å². The number of halogens is 2. The molecular weight excluding hydrogens is 300 g/mol. The highest BCUT2D eigenvalue weighted by Gasteiger charge is 2.23. The molecule has 0 aliphatic heterocycles. The quantitative estimate of drug-likeness (QED) is 0.657. The van der Waals surface area contributed by atoms with Gasteiger partial charge < -0.3 is 5.43 Å². The van der Waals surface area contributed by atoms with Crippen LogP contribution < -0.4 is 11.3 Å². The lowest BCUT2D eigenvalue weighted by Crippen LogP contribution is -2.12. The Hall–Kier alpha value is -1.81. The summed E-state index contributed by atoms with van der Waals surface area (Å²) in [5, 5.41) is 11.9. The molecule has 1 saturated carbocycles. The average Bonchev–Trinajstić information content (AvgIpc) is 3.12. The normalized spacial score (nSPS) is 15.6. The van der Waals surface area contributed by atoms with Gasteiger partial charge in [-0.15, -0.1) is 5.10 Å². The van der Waals surface area contributed by atoms with Gasteiger partial charge in [0.25, 0.3) is 0 Å². The molecule has 0 saturated heterocycles. The third-order valence-electron chi connectivity index (χ3n) is 3.36. The van der Waals surface area contributed by atoms with Gasteiger partial charge in [-0.2, -0.15) is 0 Å². The summed E-state index contributed by atoms with van der Waals surface area (Å²) >= 11 is 0.951. The first-order chi connectivity index (χ1) is 10.2. The number of nitrogen functional groups attached to an aromatic ring is 1. The van der Waals surface area contributed by atoms with Crippen molar-refractivity contribution in [2.75, 3.05) is 5.43 Å². The lowest BCUT2D eigenvalue weighted by molar-refractivity contribution is 0.422. The number of nitrogens with one attached hydrogen (secondary N) is 1. The second-order valence-electron chi connectivity index (χ2n) is 4.70. The van der Waals surface area contributed by atoms with E-state index in [1.807, 2.05) is 0 Å². The van der Waals surface area contributed by atoms with Gasteiger partial charge in [0.1, 0.15) is 5.03 Å². The molecule has 10 heteroatoms. The zero-order valence-corrected chi connectivity index (χ0v) is 11.8. The summed E-state index contributed by atoms with van der Waals surface area (Å²) < 4.78 is 28.8. The van der Waals surface area contributed by atoms with Crippen LogP contribution >= 0.6 is 11.8 Å². The van der Waals surface area contributed by atoms with E-state index in [4.69, 9.17) is 5.84 Å². The predicted octanol–water partition coefficient (Wildman–Crippen LogP) is 1.90. The van der Waals surface area contributed by atoms with Crippen molar-refractivity contribution in [1.82, 2.24) is 25.2 Å². The van der Waals surface area contributed by atoms with Gasteiger partial charge in [0.15, 0.2) is 17.5 Å². The number of hydrogen-bond donors (Lipinski definition) is 2. The predicted molar refractivity (Wildman–Crippen MR) is 71.4 cm³/mol. The van der Waals surface area contributed by atoms with E-state index in [1.165, 1.54) is 0 Å². The van der Waals surface area contributed by atoms with Gasteiger partial charge in [0.2, 0.25) is 5.16 Å². The number of hydrazine groups is 1. The molecule has 1 fully saturated rings. The molecule has 3 N–H and O–H groups in total. The van der Waals surface area contributed by atoms with Crippen LogP contribution in [-0.2, 0) is 0 Å². The van der Waals surface area contributed by atoms with Crippen molar-refractivity contribution >= 4 is 17.6 Å². The Balaban J connectivity index is 1.89. The van der Waals surface area contributed by atoms with Crippen LogP contribution in [0, 0.1) is 11.6 Å². The molecule has 7 nitrogen and oxygen atoms in total. The number of hydrogen-bond acceptors (Lipinski definition) is 7. The number of rotatable bonds is 4. The fraction of sp³-hybridized carbons (Fsp3) is 0.455. The highest BCUT2D eigenvalue weighted by molar-refractivity contribution is 7.99.